The molecule has 1 heterocycles. The van der Waals surface area contributed by atoms with Crippen molar-refractivity contribution in [2.45, 2.75) is 30.7 Å². The Balaban J connectivity index is 2.01. The van der Waals surface area contributed by atoms with E-state index in [9.17, 15) is 13.2 Å². The number of rotatable bonds is 5. The Labute approximate surface area is 159 Å². The summed E-state index contributed by atoms with van der Waals surface area (Å²) in [6, 6.07) is 13.3. The van der Waals surface area contributed by atoms with Crippen LogP contribution in [-0.2, 0) is 21.2 Å². The zero-order chi connectivity index (χ0) is 18.7. The van der Waals surface area contributed by atoms with Crippen LogP contribution >= 0.6 is 11.6 Å². The Morgan fingerprint density at radius 2 is 1.88 bits per heavy atom. The minimum absolute atomic E-state index is 0.0949. The van der Waals surface area contributed by atoms with E-state index in [4.69, 9.17) is 11.6 Å². The molecule has 0 saturated carbocycles. The number of carbonyl (C=O) groups excluding carboxylic acids is 1. The van der Waals surface area contributed by atoms with Gasteiger partial charge in [-0.15, -0.1) is 0 Å². The van der Waals surface area contributed by atoms with Gasteiger partial charge in [-0.2, -0.15) is 4.31 Å². The van der Waals surface area contributed by atoms with Gasteiger partial charge in [0, 0.05) is 24.5 Å². The molecule has 0 spiro atoms. The molecule has 2 aromatic rings. The maximum atomic E-state index is 13.2. The quantitative estimate of drug-likeness (QED) is 0.849. The van der Waals surface area contributed by atoms with E-state index in [1.807, 2.05) is 31.2 Å². The molecule has 7 heteroatoms. The van der Waals surface area contributed by atoms with Crippen molar-refractivity contribution in [3.8, 4) is 0 Å². The standard InChI is InChI=1S/C19H21ClN2O3S/c1-2-21-19(23)13-18-17-6-4-3-5-14(17)11-12-22(18)26(24,25)16-9-7-15(20)8-10-16/h3-10,18H,2,11-13H2,1H3,(H,21,23)/t18-/m0/s1. The summed E-state index contributed by atoms with van der Waals surface area (Å²) < 4.78 is 27.9. The highest BCUT2D eigenvalue weighted by atomic mass is 35.5. The number of hydrogen-bond donors (Lipinski definition) is 1. The van der Waals surface area contributed by atoms with Crippen LogP contribution < -0.4 is 5.32 Å². The highest BCUT2D eigenvalue weighted by Gasteiger charge is 2.37. The Hall–Kier alpha value is -1.89. The van der Waals surface area contributed by atoms with Crippen LogP contribution in [0, 0.1) is 0 Å². The van der Waals surface area contributed by atoms with Gasteiger partial charge in [0.1, 0.15) is 0 Å². The van der Waals surface area contributed by atoms with Crippen LogP contribution in [-0.4, -0.2) is 31.7 Å². The summed E-state index contributed by atoms with van der Waals surface area (Å²) in [6.45, 7) is 2.69. The molecule has 0 bridgehead atoms. The lowest BCUT2D eigenvalue weighted by Crippen LogP contribution is -2.42. The number of carbonyl (C=O) groups is 1. The average Bonchev–Trinajstić information content (AvgIpc) is 2.62. The van der Waals surface area contributed by atoms with Crippen molar-refractivity contribution >= 4 is 27.5 Å². The zero-order valence-electron chi connectivity index (χ0n) is 14.5. The van der Waals surface area contributed by atoms with Crippen LogP contribution in [0.5, 0.6) is 0 Å². The van der Waals surface area contributed by atoms with Crippen molar-refractivity contribution in [2.75, 3.05) is 13.1 Å². The first kappa shape index (κ1) is 18.9. The summed E-state index contributed by atoms with van der Waals surface area (Å²) in [5.74, 6) is -0.162. The lowest BCUT2D eigenvalue weighted by atomic mass is 9.92. The van der Waals surface area contributed by atoms with Crippen LogP contribution in [0.15, 0.2) is 53.4 Å². The number of nitrogens with one attached hydrogen (secondary N) is 1. The minimum atomic E-state index is -3.74. The molecule has 0 aliphatic carbocycles. The lowest BCUT2D eigenvalue weighted by molar-refractivity contribution is -0.121. The molecule has 1 amide bonds. The van der Waals surface area contributed by atoms with Crippen molar-refractivity contribution in [3.63, 3.8) is 0 Å². The topological polar surface area (TPSA) is 66.5 Å². The molecule has 5 nitrogen and oxygen atoms in total. The van der Waals surface area contributed by atoms with E-state index < -0.39 is 16.1 Å². The summed E-state index contributed by atoms with van der Waals surface area (Å²) in [5.41, 5.74) is 1.98. The molecule has 0 aromatic heterocycles. The van der Waals surface area contributed by atoms with Crippen LogP contribution in [0.4, 0.5) is 0 Å². The van der Waals surface area contributed by atoms with Gasteiger partial charge in [0.15, 0.2) is 0 Å². The van der Waals surface area contributed by atoms with E-state index >= 15 is 0 Å². The van der Waals surface area contributed by atoms with Gasteiger partial charge >= 0.3 is 0 Å². The summed E-state index contributed by atoms with van der Waals surface area (Å²) in [5, 5.41) is 3.24. The fourth-order valence-corrected chi connectivity index (χ4v) is 5.05. The van der Waals surface area contributed by atoms with Crippen LogP contribution in [0.25, 0.3) is 0 Å². The highest BCUT2D eigenvalue weighted by Crippen LogP contribution is 2.36. The number of fused-ring (bicyclic) bond motifs is 1. The molecular formula is C19H21ClN2O3S. The number of hydrogen-bond acceptors (Lipinski definition) is 3. The van der Waals surface area contributed by atoms with Gasteiger partial charge in [-0.1, -0.05) is 35.9 Å². The molecule has 1 N–H and O–H groups in total. The molecule has 138 valence electrons. The van der Waals surface area contributed by atoms with Gasteiger partial charge in [-0.25, -0.2) is 8.42 Å². The van der Waals surface area contributed by atoms with E-state index in [2.05, 4.69) is 5.32 Å². The fourth-order valence-electron chi connectivity index (χ4n) is 3.31. The maximum Gasteiger partial charge on any atom is 0.243 e. The summed E-state index contributed by atoms with van der Waals surface area (Å²) in [6.07, 6.45) is 0.715. The molecule has 2 aromatic carbocycles. The second-order valence-electron chi connectivity index (χ2n) is 6.19. The smallest absolute Gasteiger partial charge is 0.243 e. The van der Waals surface area contributed by atoms with Crippen molar-refractivity contribution in [3.05, 3.63) is 64.7 Å². The van der Waals surface area contributed by atoms with E-state index in [1.165, 1.54) is 16.4 Å². The second-order valence-corrected chi connectivity index (χ2v) is 8.52. The van der Waals surface area contributed by atoms with E-state index in [0.29, 0.717) is 24.5 Å². The van der Waals surface area contributed by atoms with Gasteiger partial charge in [0.2, 0.25) is 15.9 Å². The number of nitrogens with zero attached hydrogens (tertiary/aromatic N) is 1. The van der Waals surface area contributed by atoms with Crippen LogP contribution in [0.3, 0.4) is 0 Å². The average molecular weight is 393 g/mol. The highest BCUT2D eigenvalue weighted by molar-refractivity contribution is 7.89. The van der Waals surface area contributed by atoms with Gasteiger partial charge in [0.25, 0.3) is 0 Å². The summed E-state index contributed by atoms with van der Waals surface area (Å²) in [7, 11) is -3.74. The SMILES string of the molecule is CCNC(=O)C[C@H]1c2ccccc2CCN1S(=O)(=O)c1ccc(Cl)cc1. The van der Waals surface area contributed by atoms with Gasteiger partial charge in [0.05, 0.1) is 10.9 Å². The summed E-state index contributed by atoms with van der Waals surface area (Å²) >= 11 is 5.89. The minimum Gasteiger partial charge on any atom is -0.356 e. The molecule has 0 radical (unpaired) electrons. The first-order valence-electron chi connectivity index (χ1n) is 8.55. The van der Waals surface area contributed by atoms with Crippen molar-refractivity contribution < 1.29 is 13.2 Å². The molecule has 0 saturated heterocycles. The third-order valence-corrected chi connectivity index (χ3v) is 6.71. The van der Waals surface area contributed by atoms with Crippen LogP contribution in [0.1, 0.15) is 30.5 Å². The zero-order valence-corrected chi connectivity index (χ0v) is 16.1. The molecule has 1 atom stereocenters. The predicted octanol–water partition coefficient (Wildman–Crippen LogP) is 3.15. The molecule has 1 aliphatic heterocycles. The Kier molecular flexibility index (Phi) is 5.65. The first-order valence-corrected chi connectivity index (χ1v) is 10.4. The van der Waals surface area contributed by atoms with Gasteiger partial charge in [-0.3, -0.25) is 4.79 Å². The van der Waals surface area contributed by atoms with Crippen LogP contribution in [0.2, 0.25) is 5.02 Å². The van der Waals surface area contributed by atoms with Crippen molar-refractivity contribution in [1.82, 2.24) is 9.62 Å². The number of halogens is 1. The first-order chi connectivity index (χ1) is 12.4. The monoisotopic (exact) mass is 392 g/mol. The molecular weight excluding hydrogens is 372 g/mol. The van der Waals surface area contributed by atoms with E-state index in [-0.39, 0.29) is 17.2 Å². The second kappa shape index (κ2) is 7.78. The molecule has 26 heavy (non-hydrogen) atoms. The van der Waals surface area contributed by atoms with E-state index in [0.717, 1.165) is 11.1 Å². The number of benzene rings is 2. The Morgan fingerprint density at radius 1 is 1.19 bits per heavy atom. The molecule has 0 fully saturated rings. The third kappa shape index (κ3) is 3.77. The maximum absolute atomic E-state index is 13.2. The number of amides is 1. The number of sulfonamides is 1. The van der Waals surface area contributed by atoms with Gasteiger partial charge in [-0.05, 0) is 48.7 Å². The predicted molar refractivity (Wildman–Crippen MR) is 102 cm³/mol. The van der Waals surface area contributed by atoms with E-state index in [1.54, 1.807) is 12.1 Å². The molecule has 3 rings (SSSR count). The van der Waals surface area contributed by atoms with Crippen molar-refractivity contribution in [2.24, 2.45) is 0 Å². The Morgan fingerprint density at radius 3 is 2.58 bits per heavy atom. The third-order valence-electron chi connectivity index (χ3n) is 4.54. The largest absolute Gasteiger partial charge is 0.356 e. The fraction of sp³-hybridized carbons (Fsp3) is 0.316. The summed E-state index contributed by atoms with van der Waals surface area (Å²) in [4.78, 5) is 12.4. The lowest BCUT2D eigenvalue weighted by Gasteiger charge is -2.36. The van der Waals surface area contributed by atoms with Gasteiger partial charge < -0.3 is 5.32 Å². The molecule has 1 aliphatic rings. The Bertz CT molecular complexity index is 897. The molecule has 0 unspecified atom stereocenters. The van der Waals surface area contributed by atoms with Crippen molar-refractivity contribution in [1.29, 1.82) is 0 Å². The normalized spacial score (nSPS) is 17.5.